The molecular formula is C17H24N2O2. The number of aryl methyl sites for hydroxylation is 1. The lowest BCUT2D eigenvalue weighted by atomic mass is 10.1. The van der Waals surface area contributed by atoms with E-state index >= 15 is 0 Å². The molecule has 2 unspecified atom stereocenters. The van der Waals surface area contributed by atoms with Gasteiger partial charge in [0.1, 0.15) is 11.7 Å². The van der Waals surface area contributed by atoms with Crippen LogP contribution >= 0.6 is 0 Å². The molecule has 1 heterocycles. The van der Waals surface area contributed by atoms with E-state index in [1.54, 1.807) is 7.11 Å². The average molecular weight is 288 g/mol. The normalized spacial score (nSPS) is 24.6. The summed E-state index contributed by atoms with van der Waals surface area (Å²) in [5.41, 5.74) is 2.18. The first-order chi connectivity index (χ1) is 10.1. The Kier molecular flexibility index (Phi) is 3.76. The predicted octanol–water partition coefficient (Wildman–Crippen LogP) is 2.25. The topological polar surface area (TPSA) is 41.6 Å². The van der Waals surface area contributed by atoms with Gasteiger partial charge in [-0.3, -0.25) is 10.1 Å². The van der Waals surface area contributed by atoms with Gasteiger partial charge in [0.05, 0.1) is 12.6 Å². The van der Waals surface area contributed by atoms with Crippen LogP contribution in [0.5, 0.6) is 0 Å². The average Bonchev–Trinajstić information content (AvgIpc) is 3.21. The third kappa shape index (κ3) is 2.47. The fourth-order valence-electron chi connectivity index (χ4n) is 3.20. The molecule has 1 aliphatic carbocycles. The molecular weight excluding hydrogens is 264 g/mol. The second-order valence-electron chi connectivity index (χ2n) is 6.24. The van der Waals surface area contributed by atoms with Gasteiger partial charge in [-0.15, -0.1) is 0 Å². The van der Waals surface area contributed by atoms with Gasteiger partial charge in [-0.2, -0.15) is 0 Å². The van der Waals surface area contributed by atoms with Crippen LogP contribution in [0.2, 0.25) is 0 Å². The zero-order chi connectivity index (χ0) is 15.0. The molecule has 0 aromatic heterocycles. The van der Waals surface area contributed by atoms with Crippen LogP contribution < -0.4 is 5.32 Å². The van der Waals surface area contributed by atoms with Crippen LogP contribution in [0.25, 0.3) is 0 Å². The van der Waals surface area contributed by atoms with E-state index in [2.05, 4.69) is 43.4 Å². The maximum absolute atomic E-state index is 12.7. The molecule has 4 heteroatoms. The number of carbonyl (C=O) groups excluding carboxylic acids is 1. The highest BCUT2D eigenvalue weighted by atomic mass is 16.5. The van der Waals surface area contributed by atoms with Crippen LogP contribution in [-0.4, -0.2) is 36.1 Å². The van der Waals surface area contributed by atoms with E-state index in [9.17, 15) is 4.79 Å². The highest BCUT2D eigenvalue weighted by Gasteiger charge is 2.60. The summed E-state index contributed by atoms with van der Waals surface area (Å²) >= 11 is 0. The summed E-state index contributed by atoms with van der Waals surface area (Å²) in [5.74, 6) is 0.233. The molecule has 2 fully saturated rings. The number of methoxy groups -OCH3 is 1. The molecule has 2 atom stereocenters. The highest BCUT2D eigenvalue weighted by Crippen LogP contribution is 2.46. The number of carbonyl (C=O) groups is 1. The maximum atomic E-state index is 12.7. The molecule has 0 bridgehead atoms. The lowest BCUT2D eigenvalue weighted by molar-refractivity contribution is -0.133. The van der Waals surface area contributed by atoms with Gasteiger partial charge < -0.3 is 9.64 Å². The molecule has 1 aromatic rings. The van der Waals surface area contributed by atoms with E-state index in [1.165, 1.54) is 5.56 Å². The van der Waals surface area contributed by atoms with Crippen molar-refractivity contribution in [2.45, 2.75) is 50.9 Å². The minimum Gasteiger partial charge on any atom is -0.383 e. The highest BCUT2D eigenvalue weighted by molar-refractivity contribution is 5.92. The Balaban J connectivity index is 1.88. The SMILES string of the molecule is CCc1ccc(C2NC3(CC3)C(=O)N2C(C)COC)cc1. The van der Waals surface area contributed by atoms with Crippen molar-refractivity contribution in [3.05, 3.63) is 35.4 Å². The lowest BCUT2D eigenvalue weighted by Crippen LogP contribution is -2.41. The molecule has 2 aliphatic rings. The molecule has 0 radical (unpaired) electrons. The van der Waals surface area contributed by atoms with Gasteiger partial charge in [-0.1, -0.05) is 31.2 Å². The fourth-order valence-corrected chi connectivity index (χ4v) is 3.20. The van der Waals surface area contributed by atoms with Crippen molar-refractivity contribution in [1.29, 1.82) is 0 Å². The van der Waals surface area contributed by atoms with E-state index in [0.29, 0.717) is 6.61 Å². The van der Waals surface area contributed by atoms with Gasteiger partial charge in [-0.05, 0) is 37.3 Å². The summed E-state index contributed by atoms with van der Waals surface area (Å²) in [6.07, 6.45) is 2.90. The van der Waals surface area contributed by atoms with Crippen molar-refractivity contribution in [3.8, 4) is 0 Å². The van der Waals surface area contributed by atoms with E-state index in [-0.39, 0.29) is 23.7 Å². The first-order valence-electron chi connectivity index (χ1n) is 7.79. The first-order valence-corrected chi connectivity index (χ1v) is 7.79. The molecule has 1 aliphatic heterocycles. The number of nitrogens with one attached hydrogen (secondary N) is 1. The van der Waals surface area contributed by atoms with Crippen molar-refractivity contribution in [2.75, 3.05) is 13.7 Å². The molecule has 1 saturated carbocycles. The molecule has 3 rings (SSSR count). The zero-order valence-corrected chi connectivity index (χ0v) is 13.1. The fraction of sp³-hybridized carbons (Fsp3) is 0.588. The Bertz CT molecular complexity index is 522. The van der Waals surface area contributed by atoms with Crippen molar-refractivity contribution in [3.63, 3.8) is 0 Å². The standard InChI is InChI=1S/C17H24N2O2/c1-4-13-5-7-14(8-6-13)15-18-17(9-10-17)16(20)19(15)12(2)11-21-3/h5-8,12,15,18H,4,9-11H2,1-3H3. The third-order valence-corrected chi connectivity index (χ3v) is 4.67. The smallest absolute Gasteiger partial charge is 0.244 e. The van der Waals surface area contributed by atoms with Crippen molar-refractivity contribution >= 4 is 5.91 Å². The Morgan fingerprint density at radius 1 is 1.38 bits per heavy atom. The molecule has 1 spiro atoms. The van der Waals surface area contributed by atoms with Crippen molar-refractivity contribution in [1.82, 2.24) is 10.2 Å². The Morgan fingerprint density at radius 3 is 2.57 bits per heavy atom. The van der Waals surface area contributed by atoms with E-state index in [1.807, 2.05) is 4.90 Å². The molecule has 4 nitrogen and oxygen atoms in total. The number of hydrogen-bond donors (Lipinski definition) is 1. The van der Waals surface area contributed by atoms with Crippen molar-refractivity contribution < 1.29 is 9.53 Å². The number of amides is 1. The minimum absolute atomic E-state index is 0.0314. The zero-order valence-electron chi connectivity index (χ0n) is 13.1. The Labute approximate surface area is 126 Å². The molecule has 114 valence electrons. The van der Waals surface area contributed by atoms with Crippen LogP contribution in [0.15, 0.2) is 24.3 Å². The summed E-state index contributed by atoms with van der Waals surface area (Å²) < 4.78 is 5.25. The molecule has 1 N–H and O–H groups in total. The second-order valence-corrected chi connectivity index (χ2v) is 6.24. The Morgan fingerprint density at radius 2 is 2.05 bits per heavy atom. The van der Waals surface area contributed by atoms with Gasteiger partial charge in [0, 0.05) is 7.11 Å². The van der Waals surface area contributed by atoms with Gasteiger partial charge in [0.25, 0.3) is 0 Å². The number of ether oxygens (including phenoxy) is 1. The minimum atomic E-state index is -0.296. The number of hydrogen-bond acceptors (Lipinski definition) is 3. The molecule has 1 amide bonds. The van der Waals surface area contributed by atoms with Gasteiger partial charge in [0.15, 0.2) is 0 Å². The summed E-state index contributed by atoms with van der Waals surface area (Å²) in [6.45, 7) is 4.77. The quantitative estimate of drug-likeness (QED) is 0.903. The molecule has 21 heavy (non-hydrogen) atoms. The van der Waals surface area contributed by atoms with Crippen LogP contribution in [0.3, 0.4) is 0 Å². The van der Waals surface area contributed by atoms with Crippen LogP contribution in [0.4, 0.5) is 0 Å². The van der Waals surface area contributed by atoms with Gasteiger partial charge >= 0.3 is 0 Å². The second kappa shape index (κ2) is 5.43. The van der Waals surface area contributed by atoms with Gasteiger partial charge in [0.2, 0.25) is 5.91 Å². The first kappa shape index (κ1) is 14.5. The monoisotopic (exact) mass is 288 g/mol. The predicted molar refractivity (Wildman–Crippen MR) is 81.8 cm³/mol. The number of rotatable bonds is 5. The number of benzene rings is 1. The van der Waals surface area contributed by atoms with Crippen molar-refractivity contribution in [2.24, 2.45) is 0 Å². The van der Waals surface area contributed by atoms with E-state index < -0.39 is 0 Å². The van der Waals surface area contributed by atoms with E-state index in [4.69, 9.17) is 4.74 Å². The van der Waals surface area contributed by atoms with Gasteiger partial charge in [-0.25, -0.2) is 0 Å². The summed E-state index contributed by atoms with van der Waals surface area (Å²) in [6, 6.07) is 8.65. The van der Waals surface area contributed by atoms with Crippen LogP contribution in [0, 0.1) is 0 Å². The van der Waals surface area contributed by atoms with Crippen LogP contribution in [0.1, 0.15) is 44.0 Å². The largest absolute Gasteiger partial charge is 0.383 e. The van der Waals surface area contributed by atoms with E-state index in [0.717, 1.165) is 24.8 Å². The maximum Gasteiger partial charge on any atom is 0.244 e. The Hall–Kier alpha value is -1.39. The summed E-state index contributed by atoms with van der Waals surface area (Å²) in [5, 5.41) is 3.56. The van der Waals surface area contributed by atoms with Crippen LogP contribution in [-0.2, 0) is 16.0 Å². The number of nitrogens with zero attached hydrogens (tertiary/aromatic N) is 1. The summed E-state index contributed by atoms with van der Waals surface area (Å²) in [7, 11) is 1.68. The third-order valence-electron chi connectivity index (χ3n) is 4.67. The molecule has 1 saturated heterocycles. The lowest BCUT2D eigenvalue weighted by Gasteiger charge is -2.30. The summed E-state index contributed by atoms with van der Waals surface area (Å²) in [4.78, 5) is 14.7. The molecule has 1 aromatic carbocycles.